The summed E-state index contributed by atoms with van der Waals surface area (Å²) in [6.07, 6.45) is 3.14. The fraction of sp³-hybridized carbons (Fsp3) is 0.240. The number of aromatic nitrogens is 3. The molecule has 164 valence electrons. The number of hydrogen-bond acceptors (Lipinski definition) is 4. The quantitative estimate of drug-likeness (QED) is 0.335. The van der Waals surface area contributed by atoms with E-state index in [1.54, 1.807) is 18.3 Å². The molecule has 0 aliphatic heterocycles. The number of imidazole rings is 1. The average molecular weight is 449 g/mol. The Balaban J connectivity index is 1.66. The van der Waals surface area contributed by atoms with E-state index in [9.17, 15) is 9.18 Å². The molecule has 2 aromatic heterocycles. The molecule has 1 N–H and O–H groups in total. The SMILES string of the molecule is CCc1ccccc1NC(=O)[C@@H](CC)n1c(SCc2ccc(F)cc2)nc2cccnc21. The van der Waals surface area contributed by atoms with Gasteiger partial charge in [-0.15, -0.1) is 0 Å². The van der Waals surface area contributed by atoms with Gasteiger partial charge in [-0.2, -0.15) is 0 Å². The highest BCUT2D eigenvalue weighted by molar-refractivity contribution is 7.98. The van der Waals surface area contributed by atoms with Crippen LogP contribution in [0.15, 0.2) is 72.0 Å². The smallest absolute Gasteiger partial charge is 0.247 e. The molecule has 2 heterocycles. The molecule has 0 fully saturated rings. The third kappa shape index (κ3) is 4.67. The zero-order chi connectivity index (χ0) is 22.5. The predicted octanol–water partition coefficient (Wildman–Crippen LogP) is 6.01. The van der Waals surface area contributed by atoms with Crippen molar-refractivity contribution in [1.82, 2.24) is 14.5 Å². The number of amides is 1. The summed E-state index contributed by atoms with van der Waals surface area (Å²) in [5, 5.41) is 3.82. The molecule has 5 nitrogen and oxygen atoms in total. The Hall–Kier alpha value is -3.19. The summed E-state index contributed by atoms with van der Waals surface area (Å²) < 4.78 is 15.2. The molecule has 1 atom stereocenters. The monoisotopic (exact) mass is 448 g/mol. The van der Waals surface area contributed by atoms with Crippen LogP contribution in [0.1, 0.15) is 37.4 Å². The number of thioether (sulfide) groups is 1. The minimum atomic E-state index is -0.462. The number of nitrogens with one attached hydrogen (secondary N) is 1. The van der Waals surface area contributed by atoms with Crippen LogP contribution in [0.3, 0.4) is 0 Å². The van der Waals surface area contributed by atoms with Crippen molar-refractivity contribution in [3.63, 3.8) is 0 Å². The summed E-state index contributed by atoms with van der Waals surface area (Å²) in [6.45, 7) is 4.05. The Kier molecular flexibility index (Phi) is 6.85. The first-order valence-electron chi connectivity index (χ1n) is 10.7. The lowest BCUT2D eigenvalue weighted by atomic mass is 10.1. The van der Waals surface area contributed by atoms with Gasteiger partial charge in [0.15, 0.2) is 10.8 Å². The van der Waals surface area contributed by atoms with Crippen LogP contribution in [0.5, 0.6) is 0 Å². The molecule has 0 saturated heterocycles. The predicted molar refractivity (Wildman–Crippen MR) is 127 cm³/mol. The van der Waals surface area contributed by atoms with E-state index in [0.29, 0.717) is 23.0 Å². The zero-order valence-electron chi connectivity index (χ0n) is 18.1. The molecule has 4 rings (SSSR count). The van der Waals surface area contributed by atoms with E-state index < -0.39 is 6.04 Å². The average Bonchev–Trinajstić information content (AvgIpc) is 3.18. The van der Waals surface area contributed by atoms with Gasteiger partial charge in [0.1, 0.15) is 17.4 Å². The van der Waals surface area contributed by atoms with Gasteiger partial charge in [0.2, 0.25) is 5.91 Å². The number of benzene rings is 2. The minimum absolute atomic E-state index is 0.0954. The van der Waals surface area contributed by atoms with E-state index in [1.165, 1.54) is 23.9 Å². The molecule has 0 aliphatic carbocycles. The molecule has 2 aromatic carbocycles. The van der Waals surface area contributed by atoms with Crippen molar-refractivity contribution in [1.29, 1.82) is 0 Å². The third-order valence-electron chi connectivity index (χ3n) is 5.35. The first-order valence-corrected chi connectivity index (χ1v) is 11.7. The van der Waals surface area contributed by atoms with Gasteiger partial charge in [0.05, 0.1) is 0 Å². The van der Waals surface area contributed by atoms with E-state index >= 15 is 0 Å². The lowest BCUT2D eigenvalue weighted by Crippen LogP contribution is -2.26. The highest BCUT2D eigenvalue weighted by Crippen LogP contribution is 2.31. The van der Waals surface area contributed by atoms with Gasteiger partial charge >= 0.3 is 0 Å². The maximum Gasteiger partial charge on any atom is 0.247 e. The van der Waals surface area contributed by atoms with E-state index in [-0.39, 0.29) is 11.7 Å². The van der Waals surface area contributed by atoms with Crippen molar-refractivity contribution in [3.05, 3.63) is 83.8 Å². The van der Waals surface area contributed by atoms with Crippen LogP contribution in [-0.2, 0) is 17.0 Å². The second-order valence-electron chi connectivity index (χ2n) is 7.45. The number of fused-ring (bicyclic) bond motifs is 1. The van der Waals surface area contributed by atoms with E-state index in [1.807, 2.05) is 47.9 Å². The Labute approximate surface area is 191 Å². The normalized spacial score (nSPS) is 12.1. The summed E-state index contributed by atoms with van der Waals surface area (Å²) in [6, 6.07) is 17.6. The standard InChI is InChI=1S/C25H25FN4OS/c1-3-18-8-5-6-9-20(18)28-24(31)22(4-2)30-23-21(10-7-15-27-23)29-25(30)32-16-17-11-13-19(26)14-12-17/h5-15,22H,3-4,16H2,1-2H3,(H,28,31)/t22-/m1/s1. The van der Waals surface area contributed by atoms with Gasteiger partial charge in [-0.3, -0.25) is 9.36 Å². The number of para-hydroxylation sites is 1. The van der Waals surface area contributed by atoms with Gasteiger partial charge in [-0.05, 0) is 54.3 Å². The van der Waals surface area contributed by atoms with E-state index in [0.717, 1.165) is 28.8 Å². The first kappa shape index (κ1) is 22.0. The molecular formula is C25H25FN4OS. The summed E-state index contributed by atoms with van der Waals surface area (Å²) in [7, 11) is 0. The third-order valence-corrected chi connectivity index (χ3v) is 6.38. The van der Waals surface area contributed by atoms with Crippen LogP contribution in [0, 0.1) is 5.82 Å². The van der Waals surface area contributed by atoms with Crippen molar-refractivity contribution in [2.24, 2.45) is 0 Å². The number of aryl methyl sites for hydroxylation is 1. The van der Waals surface area contributed by atoms with Gasteiger partial charge < -0.3 is 5.32 Å². The lowest BCUT2D eigenvalue weighted by Gasteiger charge is -2.20. The number of pyridine rings is 1. The minimum Gasteiger partial charge on any atom is -0.324 e. The topological polar surface area (TPSA) is 59.8 Å². The Morgan fingerprint density at radius 2 is 1.88 bits per heavy atom. The van der Waals surface area contributed by atoms with E-state index in [4.69, 9.17) is 4.98 Å². The van der Waals surface area contributed by atoms with Crippen LogP contribution in [0.2, 0.25) is 0 Å². The van der Waals surface area contributed by atoms with Gasteiger partial charge in [0, 0.05) is 17.6 Å². The molecule has 0 unspecified atom stereocenters. The summed E-state index contributed by atoms with van der Waals surface area (Å²) in [4.78, 5) is 22.6. The number of rotatable bonds is 8. The van der Waals surface area contributed by atoms with Crippen molar-refractivity contribution in [2.75, 3.05) is 5.32 Å². The number of hydrogen-bond donors (Lipinski definition) is 1. The van der Waals surface area contributed by atoms with Gasteiger partial charge in [-0.25, -0.2) is 14.4 Å². The van der Waals surface area contributed by atoms with Crippen molar-refractivity contribution in [2.45, 2.75) is 43.6 Å². The zero-order valence-corrected chi connectivity index (χ0v) is 18.9. The van der Waals surface area contributed by atoms with Crippen LogP contribution in [-0.4, -0.2) is 20.4 Å². The molecule has 0 radical (unpaired) electrons. The molecule has 32 heavy (non-hydrogen) atoms. The molecular weight excluding hydrogens is 423 g/mol. The first-order chi connectivity index (χ1) is 15.6. The molecule has 0 bridgehead atoms. The summed E-state index contributed by atoms with van der Waals surface area (Å²) >= 11 is 1.52. The van der Waals surface area contributed by atoms with Crippen LogP contribution >= 0.6 is 11.8 Å². The number of carbonyl (C=O) groups excluding carboxylic acids is 1. The fourth-order valence-electron chi connectivity index (χ4n) is 3.67. The molecule has 0 aliphatic rings. The number of anilines is 1. The van der Waals surface area contributed by atoms with Crippen molar-refractivity contribution >= 4 is 34.5 Å². The maximum absolute atomic E-state index is 13.4. The molecule has 4 aromatic rings. The van der Waals surface area contributed by atoms with E-state index in [2.05, 4.69) is 17.2 Å². The molecule has 7 heteroatoms. The molecule has 1 amide bonds. The highest BCUT2D eigenvalue weighted by Gasteiger charge is 2.25. The number of nitrogens with zero attached hydrogens (tertiary/aromatic N) is 3. The van der Waals surface area contributed by atoms with Gasteiger partial charge in [0.25, 0.3) is 0 Å². The second kappa shape index (κ2) is 9.96. The summed E-state index contributed by atoms with van der Waals surface area (Å²) in [5.74, 6) is 0.257. The molecule has 0 saturated carbocycles. The Bertz CT molecular complexity index is 1220. The number of carbonyl (C=O) groups is 1. The largest absolute Gasteiger partial charge is 0.324 e. The number of halogens is 1. The van der Waals surface area contributed by atoms with Crippen LogP contribution in [0.25, 0.3) is 11.2 Å². The second-order valence-corrected chi connectivity index (χ2v) is 8.39. The Morgan fingerprint density at radius 1 is 1.09 bits per heavy atom. The molecule has 0 spiro atoms. The summed E-state index contributed by atoms with van der Waals surface area (Å²) in [5.41, 5.74) is 4.33. The fourth-order valence-corrected chi connectivity index (χ4v) is 4.68. The lowest BCUT2D eigenvalue weighted by molar-refractivity contribution is -0.119. The van der Waals surface area contributed by atoms with Crippen molar-refractivity contribution in [3.8, 4) is 0 Å². The van der Waals surface area contributed by atoms with Crippen LogP contribution < -0.4 is 5.32 Å². The highest BCUT2D eigenvalue weighted by atomic mass is 32.2. The van der Waals surface area contributed by atoms with Crippen LogP contribution in [0.4, 0.5) is 10.1 Å². The van der Waals surface area contributed by atoms with Crippen molar-refractivity contribution < 1.29 is 9.18 Å². The van der Waals surface area contributed by atoms with Gasteiger partial charge in [-0.1, -0.05) is 55.9 Å². The Morgan fingerprint density at radius 3 is 2.62 bits per heavy atom. The maximum atomic E-state index is 13.4.